The van der Waals surface area contributed by atoms with Crippen LogP contribution in [0.2, 0.25) is 5.15 Å². The van der Waals surface area contributed by atoms with Crippen LogP contribution in [0.15, 0.2) is 48.5 Å². The highest BCUT2D eigenvalue weighted by Gasteiger charge is 2.05. The van der Waals surface area contributed by atoms with Crippen molar-refractivity contribution in [1.29, 1.82) is 0 Å². The van der Waals surface area contributed by atoms with E-state index in [4.69, 9.17) is 16.3 Å². The van der Waals surface area contributed by atoms with Crippen LogP contribution in [0.4, 0.5) is 0 Å². The van der Waals surface area contributed by atoms with Crippen molar-refractivity contribution in [2.24, 2.45) is 0 Å². The Labute approximate surface area is 106 Å². The van der Waals surface area contributed by atoms with Gasteiger partial charge in [0, 0.05) is 0 Å². The van der Waals surface area contributed by atoms with Crippen LogP contribution >= 0.6 is 11.6 Å². The number of hydrogen-bond acceptors (Lipinski definition) is 2. The highest BCUT2D eigenvalue weighted by Crippen LogP contribution is 2.17. The molecule has 0 aliphatic heterocycles. The third kappa shape index (κ3) is 3.55. The van der Waals surface area contributed by atoms with Gasteiger partial charge >= 0.3 is 0 Å². The summed E-state index contributed by atoms with van der Waals surface area (Å²) in [4.78, 5) is 4.18. The Morgan fingerprint density at radius 3 is 2.59 bits per heavy atom. The summed E-state index contributed by atoms with van der Waals surface area (Å²) >= 11 is 5.81. The number of aromatic nitrogens is 1. The molecule has 0 bridgehead atoms. The van der Waals surface area contributed by atoms with Crippen LogP contribution in [0.1, 0.15) is 24.3 Å². The van der Waals surface area contributed by atoms with Gasteiger partial charge in [0.05, 0.1) is 18.4 Å². The first-order valence-electron chi connectivity index (χ1n) is 5.53. The lowest BCUT2D eigenvalue weighted by Gasteiger charge is -2.13. The predicted octanol–water partition coefficient (Wildman–Crippen LogP) is 4.01. The molecule has 0 saturated heterocycles. The van der Waals surface area contributed by atoms with E-state index in [1.54, 1.807) is 6.07 Å². The Balaban J connectivity index is 1.95. The van der Waals surface area contributed by atoms with Gasteiger partial charge < -0.3 is 4.74 Å². The zero-order valence-electron chi connectivity index (χ0n) is 9.64. The third-order valence-electron chi connectivity index (χ3n) is 2.52. The van der Waals surface area contributed by atoms with Crippen molar-refractivity contribution in [1.82, 2.24) is 4.98 Å². The van der Waals surface area contributed by atoms with Crippen LogP contribution < -0.4 is 0 Å². The highest BCUT2D eigenvalue weighted by atomic mass is 35.5. The Bertz CT molecular complexity index is 473. The minimum Gasteiger partial charge on any atom is -0.368 e. The molecule has 17 heavy (non-hydrogen) atoms. The average molecular weight is 248 g/mol. The molecule has 0 fully saturated rings. The van der Waals surface area contributed by atoms with Gasteiger partial charge in [0.25, 0.3) is 0 Å². The smallest absolute Gasteiger partial charge is 0.129 e. The first-order chi connectivity index (χ1) is 8.25. The van der Waals surface area contributed by atoms with E-state index in [9.17, 15) is 0 Å². The van der Waals surface area contributed by atoms with Crippen molar-refractivity contribution >= 4 is 11.6 Å². The average Bonchev–Trinajstić information content (AvgIpc) is 2.37. The Morgan fingerprint density at radius 2 is 1.88 bits per heavy atom. The lowest BCUT2D eigenvalue weighted by Crippen LogP contribution is -2.01. The zero-order chi connectivity index (χ0) is 12.1. The highest BCUT2D eigenvalue weighted by molar-refractivity contribution is 6.29. The maximum Gasteiger partial charge on any atom is 0.129 e. The minimum atomic E-state index is 0.0528. The van der Waals surface area contributed by atoms with Crippen LogP contribution in [0.25, 0.3) is 0 Å². The molecule has 1 unspecified atom stereocenters. The molecule has 0 radical (unpaired) electrons. The Hall–Kier alpha value is -1.38. The lowest BCUT2D eigenvalue weighted by molar-refractivity contribution is 0.0505. The summed E-state index contributed by atoms with van der Waals surface area (Å²) in [7, 11) is 0. The second-order valence-electron chi connectivity index (χ2n) is 3.82. The number of halogens is 1. The van der Waals surface area contributed by atoms with E-state index >= 15 is 0 Å². The summed E-state index contributed by atoms with van der Waals surface area (Å²) in [6.07, 6.45) is 0.0528. The topological polar surface area (TPSA) is 22.1 Å². The molecule has 1 aromatic heterocycles. The maximum absolute atomic E-state index is 5.81. The van der Waals surface area contributed by atoms with Crippen molar-refractivity contribution in [2.45, 2.75) is 19.6 Å². The summed E-state index contributed by atoms with van der Waals surface area (Å²) in [6, 6.07) is 15.6. The van der Waals surface area contributed by atoms with Crippen LogP contribution in [-0.4, -0.2) is 4.98 Å². The molecule has 0 amide bonds. The normalized spacial score (nSPS) is 12.4. The standard InChI is InChI=1S/C14H14ClNO/c1-11(12-6-3-2-4-7-12)17-10-13-8-5-9-14(15)16-13/h2-9,11H,10H2,1H3. The van der Waals surface area contributed by atoms with Crippen LogP contribution in [0, 0.1) is 0 Å². The molecule has 0 N–H and O–H groups in total. The van der Waals surface area contributed by atoms with Crippen molar-refractivity contribution in [3.8, 4) is 0 Å². The van der Waals surface area contributed by atoms with E-state index in [2.05, 4.69) is 17.1 Å². The van der Waals surface area contributed by atoms with E-state index < -0.39 is 0 Å². The van der Waals surface area contributed by atoms with Gasteiger partial charge in [0.15, 0.2) is 0 Å². The molecule has 0 aliphatic carbocycles. The van der Waals surface area contributed by atoms with Gasteiger partial charge in [0.1, 0.15) is 5.15 Å². The van der Waals surface area contributed by atoms with Gasteiger partial charge in [-0.3, -0.25) is 0 Å². The minimum absolute atomic E-state index is 0.0528. The van der Waals surface area contributed by atoms with Gasteiger partial charge in [-0.1, -0.05) is 48.0 Å². The van der Waals surface area contributed by atoms with Crippen LogP contribution in [0.5, 0.6) is 0 Å². The van der Waals surface area contributed by atoms with E-state index in [1.807, 2.05) is 37.3 Å². The molecule has 0 aliphatic rings. The fourth-order valence-electron chi connectivity index (χ4n) is 1.56. The zero-order valence-corrected chi connectivity index (χ0v) is 10.4. The van der Waals surface area contributed by atoms with Gasteiger partial charge in [-0.2, -0.15) is 0 Å². The summed E-state index contributed by atoms with van der Waals surface area (Å²) in [6.45, 7) is 2.50. The van der Waals surface area contributed by atoms with Crippen LogP contribution in [-0.2, 0) is 11.3 Å². The Morgan fingerprint density at radius 1 is 1.12 bits per heavy atom. The second-order valence-corrected chi connectivity index (χ2v) is 4.20. The molecular formula is C14H14ClNO. The molecule has 88 valence electrons. The summed E-state index contributed by atoms with van der Waals surface area (Å²) in [5.41, 5.74) is 2.01. The van der Waals surface area contributed by atoms with E-state index in [1.165, 1.54) is 0 Å². The van der Waals surface area contributed by atoms with Crippen molar-refractivity contribution in [3.05, 3.63) is 64.9 Å². The molecule has 2 aromatic rings. The Kier molecular flexibility index (Phi) is 4.13. The monoisotopic (exact) mass is 247 g/mol. The van der Waals surface area contributed by atoms with Crippen LogP contribution in [0.3, 0.4) is 0 Å². The molecular weight excluding hydrogens is 234 g/mol. The van der Waals surface area contributed by atoms with Gasteiger partial charge in [0.2, 0.25) is 0 Å². The number of ether oxygens (including phenoxy) is 1. The van der Waals surface area contributed by atoms with Gasteiger partial charge in [-0.05, 0) is 24.6 Å². The largest absolute Gasteiger partial charge is 0.368 e. The van der Waals surface area contributed by atoms with Crippen molar-refractivity contribution in [3.63, 3.8) is 0 Å². The molecule has 3 heteroatoms. The number of pyridine rings is 1. The fourth-order valence-corrected chi connectivity index (χ4v) is 1.74. The summed E-state index contributed by atoms with van der Waals surface area (Å²) < 4.78 is 5.75. The van der Waals surface area contributed by atoms with E-state index in [0.717, 1.165) is 11.3 Å². The van der Waals surface area contributed by atoms with E-state index in [0.29, 0.717) is 11.8 Å². The predicted molar refractivity (Wildman–Crippen MR) is 68.9 cm³/mol. The van der Waals surface area contributed by atoms with E-state index in [-0.39, 0.29) is 6.10 Å². The molecule has 2 nitrogen and oxygen atoms in total. The molecule has 2 rings (SSSR count). The first-order valence-corrected chi connectivity index (χ1v) is 5.91. The molecule has 0 spiro atoms. The van der Waals surface area contributed by atoms with Gasteiger partial charge in [-0.15, -0.1) is 0 Å². The summed E-state index contributed by atoms with van der Waals surface area (Å²) in [5, 5.41) is 0.499. The third-order valence-corrected chi connectivity index (χ3v) is 2.73. The second kappa shape index (κ2) is 5.80. The van der Waals surface area contributed by atoms with Gasteiger partial charge in [-0.25, -0.2) is 4.98 Å². The molecule has 1 aromatic carbocycles. The number of nitrogens with zero attached hydrogens (tertiary/aromatic N) is 1. The molecule has 1 atom stereocenters. The molecule has 1 heterocycles. The number of hydrogen-bond donors (Lipinski definition) is 0. The summed E-state index contributed by atoms with van der Waals surface area (Å²) in [5.74, 6) is 0. The lowest BCUT2D eigenvalue weighted by atomic mass is 10.1. The quantitative estimate of drug-likeness (QED) is 0.762. The fraction of sp³-hybridized carbons (Fsp3) is 0.214. The number of benzene rings is 1. The molecule has 0 saturated carbocycles. The first kappa shape index (κ1) is 12.1. The number of rotatable bonds is 4. The maximum atomic E-state index is 5.81. The van der Waals surface area contributed by atoms with Crippen molar-refractivity contribution in [2.75, 3.05) is 0 Å². The van der Waals surface area contributed by atoms with Crippen molar-refractivity contribution < 1.29 is 4.74 Å². The SMILES string of the molecule is CC(OCc1cccc(Cl)n1)c1ccccc1.